The van der Waals surface area contributed by atoms with Crippen LogP contribution in [0.3, 0.4) is 0 Å². The number of anilines is 1. The van der Waals surface area contributed by atoms with E-state index in [4.69, 9.17) is 10.5 Å². The van der Waals surface area contributed by atoms with Gasteiger partial charge in [0.2, 0.25) is 0 Å². The fourth-order valence-electron chi connectivity index (χ4n) is 1.05. The number of nitrogen functional groups attached to an aromatic ring is 1. The second kappa shape index (κ2) is 6.35. The summed E-state index contributed by atoms with van der Waals surface area (Å²) in [5, 5.41) is 0. The number of rotatable bonds is 5. The van der Waals surface area contributed by atoms with Crippen molar-refractivity contribution in [2.45, 2.75) is 11.3 Å². The van der Waals surface area contributed by atoms with Gasteiger partial charge in [-0.25, -0.2) is 4.39 Å². The Hall–Kier alpha value is -0.260. The van der Waals surface area contributed by atoms with Crippen LogP contribution in [0.15, 0.2) is 21.5 Å². The minimum absolute atomic E-state index is 0.279. The molecule has 1 aromatic rings. The molecule has 0 saturated heterocycles. The first-order valence-corrected chi connectivity index (χ1v) is 6.29. The SMILES string of the molecule is COCCCSc1cc(F)c(Br)cc1N. The third kappa shape index (κ3) is 4.01. The van der Waals surface area contributed by atoms with Crippen LogP contribution < -0.4 is 5.73 Å². The van der Waals surface area contributed by atoms with Crippen molar-refractivity contribution in [2.75, 3.05) is 25.2 Å². The molecule has 0 aliphatic carbocycles. The Kier molecular flexibility index (Phi) is 5.42. The summed E-state index contributed by atoms with van der Waals surface area (Å²) in [6.45, 7) is 0.714. The molecule has 84 valence electrons. The summed E-state index contributed by atoms with van der Waals surface area (Å²) in [4.78, 5) is 0.784. The maximum Gasteiger partial charge on any atom is 0.138 e. The Morgan fingerprint density at radius 3 is 2.93 bits per heavy atom. The fourth-order valence-corrected chi connectivity index (χ4v) is 2.31. The Labute approximate surface area is 102 Å². The van der Waals surface area contributed by atoms with Crippen molar-refractivity contribution in [3.05, 3.63) is 22.4 Å². The minimum atomic E-state index is -0.279. The first-order chi connectivity index (χ1) is 7.15. The molecule has 1 rings (SSSR count). The predicted octanol–water partition coefficient (Wildman–Crippen LogP) is 3.30. The van der Waals surface area contributed by atoms with E-state index in [0.717, 1.165) is 17.1 Å². The molecule has 2 N–H and O–H groups in total. The van der Waals surface area contributed by atoms with Gasteiger partial charge in [0.25, 0.3) is 0 Å². The normalized spacial score (nSPS) is 10.6. The highest BCUT2D eigenvalue weighted by atomic mass is 79.9. The maximum absolute atomic E-state index is 13.2. The van der Waals surface area contributed by atoms with E-state index >= 15 is 0 Å². The highest BCUT2D eigenvalue weighted by Gasteiger charge is 2.06. The number of hydrogen-bond donors (Lipinski definition) is 1. The molecule has 0 radical (unpaired) electrons. The van der Waals surface area contributed by atoms with Crippen molar-refractivity contribution < 1.29 is 9.13 Å². The molecule has 0 aromatic heterocycles. The zero-order chi connectivity index (χ0) is 11.3. The second-order valence-corrected chi connectivity index (χ2v) is 4.99. The van der Waals surface area contributed by atoms with Crippen molar-refractivity contribution in [3.8, 4) is 0 Å². The molecule has 0 atom stereocenters. The molecule has 15 heavy (non-hydrogen) atoms. The molecular weight excluding hydrogens is 281 g/mol. The van der Waals surface area contributed by atoms with Crippen molar-refractivity contribution in [3.63, 3.8) is 0 Å². The van der Waals surface area contributed by atoms with E-state index in [1.165, 1.54) is 6.07 Å². The number of halogens is 2. The monoisotopic (exact) mass is 293 g/mol. The number of nitrogens with two attached hydrogens (primary N) is 1. The van der Waals surface area contributed by atoms with E-state index in [0.29, 0.717) is 16.8 Å². The summed E-state index contributed by atoms with van der Waals surface area (Å²) in [5.41, 5.74) is 6.36. The van der Waals surface area contributed by atoms with Crippen LogP contribution in [0, 0.1) is 5.82 Å². The first-order valence-electron chi connectivity index (χ1n) is 4.51. The van der Waals surface area contributed by atoms with E-state index in [2.05, 4.69) is 15.9 Å². The standard InChI is InChI=1S/C10H13BrFNOS/c1-14-3-2-4-15-10-6-8(12)7(11)5-9(10)13/h5-6H,2-4,13H2,1H3. The lowest BCUT2D eigenvalue weighted by molar-refractivity contribution is 0.200. The zero-order valence-electron chi connectivity index (χ0n) is 8.43. The molecule has 1 aromatic carbocycles. The predicted molar refractivity (Wildman–Crippen MR) is 65.7 cm³/mol. The minimum Gasteiger partial charge on any atom is -0.398 e. The van der Waals surface area contributed by atoms with Gasteiger partial charge in [-0.2, -0.15) is 0 Å². The van der Waals surface area contributed by atoms with Crippen LogP contribution in [0.4, 0.5) is 10.1 Å². The number of ether oxygens (including phenoxy) is 1. The molecular formula is C10H13BrFNOS. The summed E-state index contributed by atoms with van der Waals surface area (Å²) < 4.78 is 18.5. The molecule has 0 unspecified atom stereocenters. The highest BCUT2D eigenvalue weighted by molar-refractivity contribution is 9.10. The summed E-state index contributed by atoms with van der Waals surface area (Å²) in [5.74, 6) is 0.595. The van der Waals surface area contributed by atoms with Crippen LogP contribution >= 0.6 is 27.7 Å². The molecule has 0 amide bonds. The Balaban J connectivity index is 2.57. The van der Waals surface area contributed by atoms with Gasteiger partial charge >= 0.3 is 0 Å². The third-order valence-corrected chi connectivity index (χ3v) is 3.57. The van der Waals surface area contributed by atoms with Gasteiger partial charge < -0.3 is 10.5 Å². The average molecular weight is 294 g/mol. The van der Waals surface area contributed by atoms with Crippen LogP contribution in [0.5, 0.6) is 0 Å². The average Bonchev–Trinajstić information content (AvgIpc) is 2.20. The molecule has 0 heterocycles. The zero-order valence-corrected chi connectivity index (χ0v) is 10.8. The van der Waals surface area contributed by atoms with Gasteiger partial charge in [0.1, 0.15) is 5.82 Å². The Bertz CT molecular complexity index is 335. The molecule has 0 saturated carbocycles. The van der Waals surface area contributed by atoms with Gasteiger partial charge in [-0.05, 0) is 34.5 Å². The van der Waals surface area contributed by atoms with Crippen LogP contribution in [-0.4, -0.2) is 19.5 Å². The molecule has 0 spiro atoms. The third-order valence-electron chi connectivity index (χ3n) is 1.80. The molecule has 0 fully saturated rings. The van der Waals surface area contributed by atoms with E-state index < -0.39 is 0 Å². The van der Waals surface area contributed by atoms with E-state index in [1.807, 2.05) is 0 Å². The van der Waals surface area contributed by atoms with Gasteiger partial charge in [0, 0.05) is 30.1 Å². The Morgan fingerprint density at radius 1 is 1.53 bits per heavy atom. The topological polar surface area (TPSA) is 35.2 Å². The smallest absolute Gasteiger partial charge is 0.138 e. The fraction of sp³-hybridized carbons (Fsp3) is 0.400. The van der Waals surface area contributed by atoms with Gasteiger partial charge in [0.15, 0.2) is 0 Å². The first kappa shape index (κ1) is 12.8. The summed E-state index contributed by atoms with van der Waals surface area (Å²) in [6, 6.07) is 3.05. The van der Waals surface area contributed by atoms with Crippen LogP contribution in [0.1, 0.15) is 6.42 Å². The lowest BCUT2D eigenvalue weighted by Gasteiger charge is -2.06. The van der Waals surface area contributed by atoms with Crippen LogP contribution in [-0.2, 0) is 4.74 Å². The largest absolute Gasteiger partial charge is 0.398 e. The van der Waals surface area contributed by atoms with E-state index in [1.54, 1.807) is 24.9 Å². The van der Waals surface area contributed by atoms with E-state index in [-0.39, 0.29) is 5.82 Å². The van der Waals surface area contributed by atoms with Crippen molar-refractivity contribution in [1.82, 2.24) is 0 Å². The number of benzene rings is 1. The Morgan fingerprint density at radius 2 is 2.27 bits per heavy atom. The van der Waals surface area contributed by atoms with Gasteiger partial charge in [-0.1, -0.05) is 0 Å². The lowest BCUT2D eigenvalue weighted by atomic mass is 10.3. The van der Waals surface area contributed by atoms with Crippen molar-refractivity contribution in [1.29, 1.82) is 0 Å². The van der Waals surface area contributed by atoms with Crippen LogP contribution in [0.25, 0.3) is 0 Å². The molecule has 0 aliphatic heterocycles. The second-order valence-electron chi connectivity index (χ2n) is 3.00. The van der Waals surface area contributed by atoms with Crippen molar-refractivity contribution in [2.24, 2.45) is 0 Å². The molecule has 0 bridgehead atoms. The van der Waals surface area contributed by atoms with Crippen LogP contribution in [0.2, 0.25) is 0 Å². The number of thioether (sulfide) groups is 1. The summed E-state index contributed by atoms with van der Waals surface area (Å²) >= 11 is 4.63. The number of hydrogen-bond acceptors (Lipinski definition) is 3. The van der Waals surface area contributed by atoms with Crippen molar-refractivity contribution >= 4 is 33.4 Å². The van der Waals surface area contributed by atoms with Gasteiger partial charge in [-0.3, -0.25) is 0 Å². The summed E-state index contributed by atoms with van der Waals surface area (Å²) in [7, 11) is 1.67. The summed E-state index contributed by atoms with van der Waals surface area (Å²) in [6.07, 6.45) is 0.929. The maximum atomic E-state index is 13.2. The highest BCUT2D eigenvalue weighted by Crippen LogP contribution is 2.30. The quantitative estimate of drug-likeness (QED) is 0.514. The molecule has 0 aliphatic rings. The number of methoxy groups -OCH3 is 1. The van der Waals surface area contributed by atoms with Gasteiger partial charge in [0.05, 0.1) is 4.47 Å². The van der Waals surface area contributed by atoms with Gasteiger partial charge in [-0.15, -0.1) is 11.8 Å². The van der Waals surface area contributed by atoms with E-state index in [9.17, 15) is 4.39 Å². The molecule has 5 heteroatoms. The molecule has 2 nitrogen and oxygen atoms in total. The lowest BCUT2D eigenvalue weighted by Crippen LogP contribution is -1.94.